The van der Waals surface area contributed by atoms with Crippen molar-refractivity contribution in [1.29, 1.82) is 0 Å². The molecule has 0 saturated carbocycles. The van der Waals surface area contributed by atoms with Crippen LogP contribution in [0.3, 0.4) is 0 Å². The van der Waals surface area contributed by atoms with Gasteiger partial charge in [-0.25, -0.2) is 4.79 Å². The van der Waals surface area contributed by atoms with Crippen molar-refractivity contribution in [2.24, 2.45) is 5.73 Å². The molecule has 3 amide bonds. The Balaban J connectivity index is 2.00. The molecule has 0 fully saturated rings. The fourth-order valence-corrected chi connectivity index (χ4v) is 2.39. The molecular formula is C19H23N3O2. The third-order valence-electron chi connectivity index (χ3n) is 3.82. The molecule has 0 aromatic heterocycles. The van der Waals surface area contributed by atoms with Crippen LogP contribution in [0.4, 0.5) is 4.79 Å². The van der Waals surface area contributed by atoms with Crippen molar-refractivity contribution in [3.8, 4) is 0 Å². The quantitative estimate of drug-likeness (QED) is 0.821. The Bertz CT molecular complexity index is 686. The lowest BCUT2D eigenvalue weighted by atomic mass is 10.1. The van der Waals surface area contributed by atoms with Gasteiger partial charge >= 0.3 is 6.03 Å². The largest absolute Gasteiger partial charge is 0.370 e. The number of nitrogens with two attached hydrogens (primary N) is 1. The molecular weight excluding hydrogens is 302 g/mol. The first-order valence-corrected chi connectivity index (χ1v) is 7.96. The normalized spacial score (nSPS) is 10.2. The molecule has 0 aliphatic heterocycles. The standard InChI is InChI=1S/C19H23N3O2/c1-15-7-5-6-10-17(15)13-21-19(24)22(12-11-18(20)23)14-16-8-3-2-4-9-16/h2-10H,11-14H2,1H3,(H2,20,23)(H,21,24). The van der Waals surface area contributed by atoms with Gasteiger partial charge in [0.2, 0.25) is 5.91 Å². The Hall–Kier alpha value is -2.82. The van der Waals surface area contributed by atoms with Crippen LogP contribution in [0.15, 0.2) is 54.6 Å². The van der Waals surface area contributed by atoms with Gasteiger partial charge in [-0.05, 0) is 23.6 Å². The van der Waals surface area contributed by atoms with Crippen LogP contribution >= 0.6 is 0 Å². The summed E-state index contributed by atoms with van der Waals surface area (Å²) in [6, 6.07) is 17.4. The van der Waals surface area contributed by atoms with Gasteiger partial charge in [-0.2, -0.15) is 0 Å². The Labute approximate surface area is 142 Å². The molecule has 3 N–H and O–H groups in total. The molecule has 0 atom stereocenters. The molecule has 0 spiro atoms. The maximum atomic E-state index is 12.5. The predicted octanol–water partition coefficient (Wildman–Crippen LogP) is 2.58. The van der Waals surface area contributed by atoms with E-state index in [1.807, 2.05) is 61.5 Å². The van der Waals surface area contributed by atoms with Crippen LogP contribution in [0.5, 0.6) is 0 Å². The molecule has 5 heteroatoms. The lowest BCUT2D eigenvalue weighted by molar-refractivity contribution is -0.118. The highest BCUT2D eigenvalue weighted by Gasteiger charge is 2.14. The smallest absolute Gasteiger partial charge is 0.317 e. The van der Waals surface area contributed by atoms with Crippen LogP contribution in [0.2, 0.25) is 0 Å². The zero-order valence-electron chi connectivity index (χ0n) is 13.9. The summed E-state index contributed by atoms with van der Waals surface area (Å²) in [6.07, 6.45) is 0.143. The third kappa shape index (κ3) is 5.43. The van der Waals surface area contributed by atoms with Gasteiger partial charge in [0.25, 0.3) is 0 Å². The molecule has 126 valence electrons. The minimum Gasteiger partial charge on any atom is -0.370 e. The van der Waals surface area contributed by atoms with Crippen molar-refractivity contribution in [2.45, 2.75) is 26.4 Å². The number of hydrogen-bond acceptors (Lipinski definition) is 2. The van der Waals surface area contributed by atoms with E-state index in [0.717, 1.165) is 16.7 Å². The summed E-state index contributed by atoms with van der Waals surface area (Å²) in [5, 5.41) is 2.92. The second-order valence-corrected chi connectivity index (χ2v) is 5.71. The van der Waals surface area contributed by atoms with Crippen LogP contribution < -0.4 is 11.1 Å². The van der Waals surface area contributed by atoms with Gasteiger partial charge < -0.3 is 16.0 Å². The second-order valence-electron chi connectivity index (χ2n) is 5.71. The number of urea groups is 1. The second kappa shape index (κ2) is 8.72. The Morgan fingerprint density at radius 1 is 1.04 bits per heavy atom. The number of hydrogen-bond donors (Lipinski definition) is 2. The fraction of sp³-hybridized carbons (Fsp3) is 0.263. The van der Waals surface area contributed by atoms with E-state index >= 15 is 0 Å². The number of benzene rings is 2. The maximum Gasteiger partial charge on any atom is 0.317 e. The van der Waals surface area contributed by atoms with E-state index in [1.165, 1.54) is 0 Å². The Kier molecular flexibility index (Phi) is 6.37. The van der Waals surface area contributed by atoms with Crippen LogP contribution in [0.25, 0.3) is 0 Å². The highest BCUT2D eigenvalue weighted by Crippen LogP contribution is 2.08. The number of carbonyl (C=O) groups is 2. The summed E-state index contributed by atoms with van der Waals surface area (Å²) in [7, 11) is 0. The zero-order valence-corrected chi connectivity index (χ0v) is 13.9. The van der Waals surface area contributed by atoms with Crippen LogP contribution in [-0.4, -0.2) is 23.4 Å². The van der Waals surface area contributed by atoms with Gasteiger partial charge in [-0.15, -0.1) is 0 Å². The minimum absolute atomic E-state index is 0.143. The number of nitrogens with zero attached hydrogens (tertiary/aromatic N) is 1. The molecule has 2 rings (SSSR count). The van der Waals surface area contributed by atoms with Gasteiger partial charge in [-0.1, -0.05) is 54.6 Å². The molecule has 0 bridgehead atoms. The Morgan fingerprint density at radius 3 is 2.38 bits per heavy atom. The van der Waals surface area contributed by atoms with E-state index in [1.54, 1.807) is 4.90 Å². The molecule has 0 aliphatic carbocycles. The minimum atomic E-state index is -0.417. The maximum absolute atomic E-state index is 12.5. The van der Waals surface area contributed by atoms with Gasteiger partial charge in [0.05, 0.1) is 0 Å². The van der Waals surface area contributed by atoms with Crippen molar-refractivity contribution in [3.63, 3.8) is 0 Å². The van der Waals surface area contributed by atoms with Crippen LogP contribution in [0.1, 0.15) is 23.1 Å². The number of primary amides is 1. The van der Waals surface area contributed by atoms with Gasteiger partial charge in [-0.3, -0.25) is 4.79 Å². The van der Waals surface area contributed by atoms with Crippen molar-refractivity contribution >= 4 is 11.9 Å². The average molecular weight is 325 g/mol. The number of carbonyl (C=O) groups excluding carboxylic acids is 2. The number of nitrogens with one attached hydrogen (secondary N) is 1. The number of amides is 3. The first-order chi connectivity index (χ1) is 11.6. The first kappa shape index (κ1) is 17.5. The van der Waals surface area contributed by atoms with Crippen molar-refractivity contribution in [1.82, 2.24) is 10.2 Å². The van der Waals surface area contributed by atoms with E-state index in [9.17, 15) is 9.59 Å². The SMILES string of the molecule is Cc1ccccc1CNC(=O)N(CCC(N)=O)Cc1ccccc1. The van der Waals surface area contributed by atoms with Crippen molar-refractivity contribution in [3.05, 3.63) is 71.3 Å². The molecule has 24 heavy (non-hydrogen) atoms. The van der Waals surface area contributed by atoms with Gasteiger partial charge in [0.1, 0.15) is 0 Å². The molecule has 2 aromatic carbocycles. The van der Waals surface area contributed by atoms with Crippen molar-refractivity contribution in [2.75, 3.05) is 6.54 Å². The van der Waals surface area contributed by atoms with Crippen LogP contribution in [0, 0.1) is 6.92 Å². The Morgan fingerprint density at radius 2 is 1.71 bits per heavy atom. The number of rotatable bonds is 7. The lowest BCUT2D eigenvalue weighted by Crippen LogP contribution is -2.40. The summed E-state index contributed by atoms with van der Waals surface area (Å²) in [6.45, 7) is 3.20. The zero-order chi connectivity index (χ0) is 17.4. The molecule has 0 radical (unpaired) electrons. The van der Waals surface area contributed by atoms with E-state index < -0.39 is 5.91 Å². The highest BCUT2D eigenvalue weighted by molar-refractivity contribution is 5.77. The lowest BCUT2D eigenvalue weighted by Gasteiger charge is -2.23. The molecule has 0 unspecified atom stereocenters. The summed E-state index contributed by atoms with van der Waals surface area (Å²) < 4.78 is 0. The topological polar surface area (TPSA) is 75.4 Å². The van der Waals surface area contributed by atoms with Crippen molar-refractivity contribution < 1.29 is 9.59 Å². The number of aryl methyl sites for hydroxylation is 1. The monoisotopic (exact) mass is 325 g/mol. The molecule has 2 aromatic rings. The fourth-order valence-electron chi connectivity index (χ4n) is 2.39. The predicted molar refractivity (Wildman–Crippen MR) is 94.1 cm³/mol. The first-order valence-electron chi connectivity index (χ1n) is 7.96. The molecule has 5 nitrogen and oxygen atoms in total. The van der Waals surface area contributed by atoms with E-state index in [0.29, 0.717) is 19.6 Å². The van der Waals surface area contributed by atoms with E-state index in [2.05, 4.69) is 5.32 Å². The summed E-state index contributed by atoms with van der Waals surface area (Å²) >= 11 is 0. The summed E-state index contributed by atoms with van der Waals surface area (Å²) in [4.78, 5) is 25.2. The van der Waals surface area contributed by atoms with E-state index in [4.69, 9.17) is 5.73 Å². The highest BCUT2D eigenvalue weighted by atomic mass is 16.2. The average Bonchev–Trinajstić information content (AvgIpc) is 2.58. The van der Waals surface area contributed by atoms with Gasteiger partial charge in [0.15, 0.2) is 0 Å². The summed E-state index contributed by atoms with van der Waals surface area (Å²) in [5.41, 5.74) is 8.43. The van der Waals surface area contributed by atoms with Gasteiger partial charge in [0, 0.05) is 26.1 Å². The summed E-state index contributed by atoms with van der Waals surface area (Å²) in [5.74, 6) is -0.417. The van der Waals surface area contributed by atoms with Crippen LogP contribution in [-0.2, 0) is 17.9 Å². The molecule has 0 heterocycles. The molecule has 0 saturated heterocycles. The van der Waals surface area contributed by atoms with E-state index in [-0.39, 0.29) is 12.5 Å². The third-order valence-corrected chi connectivity index (χ3v) is 3.82. The molecule has 0 aliphatic rings.